The van der Waals surface area contributed by atoms with E-state index in [1.807, 2.05) is 23.0 Å². The average Bonchev–Trinajstić information content (AvgIpc) is 3.02. The van der Waals surface area contributed by atoms with E-state index in [-0.39, 0.29) is 17.4 Å². The molecule has 24 heavy (non-hydrogen) atoms. The first-order valence-corrected chi connectivity index (χ1v) is 8.68. The van der Waals surface area contributed by atoms with Crippen LogP contribution in [0.2, 0.25) is 0 Å². The quantitative estimate of drug-likeness (QED) is 0.814. The fourth-order valence-electron chi connectivity index (χ4n) is 3.74. The third-order valence-electron chi connectivity index (χ3n) is 5.32. The average molecular weight is 333 g/mol. The lowest BCUT2D eigenvalue weighted by molar-refractivity contribution is -0.147. The predicted octanol–water partition coefficient (Wildman–Crippen LogP) is 1.35. The maximum Gasteiger partial charge on any atom is 0.255 e. The number of aliphatic hydroxyl groups is 1. The van der Waals surface area contributed by atoms with Crippen molar-refractivity contribution in [3.63, 3.8) is 0 Å². The molecule has 1 aromatic rings. The molecule has 2 fully saturated rings. The molecule has 0 aromatic carbocycles. The molecule has 0 bridgehead atoms. The van der Waals surface area contributed by atoms with Crippen molar-refractivity contribution >= 4 is 11.8 Å². The molecule has 0 unspecified atom stereocenters. The number of piperidine rings is 2. The van der Waals surface area contributed by atoms with E-state index in [4.69, 9.17) is 0 Å². The fraction of sp³-hybridized carbons (Fsp3) is 0.667. The first-order chi connectivity index (χ1) is 11.2. The second kappa shape index (κ2) is 5.92. The second-order valence-corrected chi connectivity index (χ2v) is 8.03. The number of aliphatic hydroxyl groups excluding tert-OH is 1. The Morgan fingerprint density at radius 1 is 1.42 bits per heavy atom. The van der Waals surface area contributed by atoms with Gasteiger partial charge in [0.05, 0.1) is 17.1 Å². The van der Waals surface area contributed by atoms with Crippen molar-refractivity contribution in [2.45, 2.75) is 51.7 Å². The van der Waals surface area contributed by atoms with E-state index in [1.54, 1.807) is 4.90 Å². The molecule has 2 saturated heterocycles. The molecule has 6 nitrogen and oxygen atoms in total. The second-order valence-electron chi connectivity index (χ2n) is 8.03. The summed E-state index contributed by atoms with van der Waals surface area (Å²) in [6.45, 7) is 7.67. The number of nitrogens with zero attached hydrogens (tertiary/aromatic N) is 2. The molecule has 2 aliphatic heterocycles. The van der Waals surface area contributed by atoms with Gasteiger partial charge in [-0.25, -0.2) is 0 Å². The van der Waals surface area contributed by atoms with Crippen LogP contribution in [0.5, 0.6) is 0 Å². The van der Waals surface area contributed by atoms with Gasteiger partial charge in [0.2, 0.25) is 5.91 Å². The molecule has 132 valence electrons. The molecule has 2 aliphatic rings. The number of rotatable bonds is 1. The smallest absolute Gasteiger partial charge is 0.255 e. The van der Waals surface area contributed by atoms with Crippen molar-refractivity contribution in [1.82, 2.24) is 14.8 Å². The van der Waals surface area contributed by atoms with Crippen molar-refractivity contribution in [3.8, 4) is 0 Å². The van der Waals surface area contributed by atoms with Crippen LogP contribution in [0.15, 0.2) is 18.5 Å². The Labute approximate surface area is 142 Å². The van der Waals surface area contributed by atoms with Crippen molar-refractivity contribution in [3.05, 3.63) is 24.0 Å². The highest BCUT2D eigenvalue weighted by atomic mass is 16.3. The summed E-state index contributed by atoms with van der Waals surface area (Å²) in [7, 11) is 0. The molecule has 0 radical (unpaired) electrons. The molecule has 2 N–H and O–H groups in total. The van der Waals surface area contributed by atoms with E-state index in [2.05, 4.69) is 26.1 Å². The predicted molar refractivity (Wildman–Crippen MR) is 90.6 cm³/mol. The summed E-state index contributed by atoms with van der Waals surface area (Å²) in [5.41, 5.74) is -0.299. The van der Waals surface area contributed by atoms with Gasteiger partial charge in [0.25, 0.3) is 5.91 Å². The molecule has 1 aromatic heterocycles. The summed E-state index contributed by atoms with van der Waals surface area (Å²) in [5, 5.41) is 13.3. The lowest BCUT2D eigenvalue weighted by Crippen LogP contribution is -2.62. The molecule has 0 saturated carbocycles. The zero-order chi connectivity index (χ0) is 17.5. The Kier molecular flexibility index (Phi) is 4.20. The maximum absolute atomic E-state index is 12.9. The number of hydrogen-bond acceptors (Lipinski definition) is 3. The highest BCUT2D eigenvalue weighted by Gasteiger charge is 2.50. The number of hydrogen-bond donors (Lipinski definition) is 2. The van der Waals surface area contributed by atoms with E-state index >= 15 is 0 Å². The van der Waals surface area contributed by atoms with Gasteiger partial charge in [0.1, 0.15) is 0 Å². The molecule has 2 atom stereocenters. The summed E-state index contributed by atoms with van der Waals surface area (Å²) in [6, 6.07) is 1.83. The third-order valence-corrected chi connectivity index (χ3v) is 5.32. The molecule has 0 aliphatic carbocycles. The summed E-state index contributed by atoms with van der Waals surface area (Å²) in [4.78, 5) is 27.0. The number of carbonyl (C=O) groups excluding carboxylic acids is 2. The molecule has 6 heteroatoms. The first-order valence-electron chi connectivity index (χ1n) is 8.68. The highest BCUT2D eigenvalue weighted by Crippen LogP contribution is 2.37. The molecular weight excluding hydrogens is 306 g/mol. The van der Waals surface area contributed by atoms with Gasteiger partial charge in [0, 0.05) is 37.6 Å². The number of amides is 2. The van der Waals surface area contributed by atoms with Gasteiger partial charge in [-0.15, -0.1) is 0 Å². The van der Waals surface area contributed by atoms with Gasteiger partial charge in [-0.05, 0) is 46.1 Å². The molecule has 3 heterocycles. The van der Waals surface area contributed by atoms with Crippen LogP contribution < -0.4 is 5.32 Å². The number of aromatic nitrogens is 1. The molecular formula is C18H27N3O3. The Morgan fingerprint density at radius 3 is 2.79 bits per heavy atom. The van der Waals surface area contributed by atoms with Crippen LogP contribution in [-0.2, 0) is 10.3 Å². The van der Waals surface area contributed by atoms with Gasteiger partial charge >= 0.3 is 0 Å². The van der Waals surface area contributed by atoms with E-state index in [9.17, 15) is 14.7 Å². The summed E-state index contributed by atoms with van der Waals surface area (Å²) in [5.74, 6) is -0.186. The van der Waals surface area contributed by atoms with E-state index in [0.29, 0.717) is 38.0 Å². The van der Waals surface area contributed by atoms with Crippen LogP contribution >= 0.6 is 0 Å². The van der Waals surface area contributed by atoms with Crippen LogP contribution in [0.4, 0.5) is 0 Å². The topological polar surface area (TPSA) is 74.6 Å². The van der Waals surface area contributed by atoms with Crippen molar-refractivity contribution in [1.29, 1.82) is 0 Å². The Bertz CT molecular complexity index is 646. The minimum atomic E-state index is -0.848. The van der Waals surface area contributed by atoms with Crippen LogP contribution in [0, 0.1) is 5.41 Å². The number of carbonyl (C=O) groups is 2. The Hall–Kier alpha value is -1.82. The third kappa shape index (κ3) is 2.83. The van der Waals surface area contributed by atoms with Gasteiger partial charge in [-0.1, -0.05) is 0 Å². The van der Waals surface area contributed by atoms with Crippen LogP contribution in [0.1, 0.15) is 50.4 Å². The highest BCUT2D eigenvalue weighted by molar-refractivity contribution is 5.95. The zero-order valence-electron chi connectivity index (χ0n) is 14.7. The van der Waals surface area contributed by atoms with E-state index in [1.165, 1.54) is 0 Å². The molecule has 2 amide bonds. The number of nitrogens with one attached hydrogen (secondary N) is 1. The Morgan fingerprint density at radius 2 is 2.17 bits per heavy atom. The normalized spacial score (nSPS) is 28.1. The first kappa shape index (κ1) is 17.0. The number of likely N-dealkylation sites (tertiary alicyclic amines) is 1. The van der Waals surface area contributed by atoms with E-state index < -0.39 is 11.5 Å². The molecule has 1 spiro atoms. The van der Waals surface area contributed by atoms with E-state index in [0.717, 1.165) is 6.42 Å². The van der Waals surface area contributed by atoms with Crippen LogP contribution in [0.25, 0.3) is 0 Å². The monoisotopic (exact) mass is 333 g/mol. The van der Waals surface area contributed by atoms with Gasteiger partial charge in [0.15, 0.2) is 0 Å². The summed E-state index contributed by atoms with van der Waals surface area (Å²) in [6.07, 6.45) is 5.01. The summed E-state index contributed by atoms with van der Waals surface area (Å²) < 4.78 is 2.02. The molecule has 3 rings (SSSR count). The Balaban J connectivity index is 1.81. The largest absolute Gasteiger partial charge is 0.392 e. The maximum atomic E-state index is 12.9. The standard InChI is InChI=1S/C18H27N3O3/c1-17(2,3)21-10-5-13(11-21)15(23)20-9-6-14(22)18(12-20)7-4-8-19-16(18)24/h5,10-11,14,22H,4,6-9,12H2,1-3H3,(H,19,24)/t14-,18-/m1/s1. The van der Waals surface area contributed by atoms with Gasteiger partial charge < -0.3 is 19.9 Å². The van der Waals surface area contributed by atoms with Gasteiger partial charge in [-0.2, -0.15) is 0 Å². The lowest BCUT2D eigenvalue weighted by atomic mass is 9.71. The lowest BCUT2D eigenvalue weighted by Gasteiger charge is -2.46. The van der Waals surface area contributed by atoms with Crippen molar-refractivity contribution in [2.24, 2.45) is 5.41 Å². The van der Waals surface area contributed by atoms with Crippen LogP contribution in [0.3, 0.4) is 0 Å². The van der Waals surface area contributed by atoms with Crippen molar-refractivity contribution < 1.29 is 14.7 Å². The SMILES string of the molecule is CC(C)(C)n1ccc(C(=O)N2CC[C@@H](O)[C@@]3(CCCNC3=O)C2)c1. The van der Waals surface area contributed by atoms with Crippen LogP contribution in [-0.4, -0.2) is 52.1 Å². The zero-order valence-corrected chi connectivity index (χ0v) is 14.7. The van der Waals surface area contributed by atoms with Gasteiger partial charge in [-0.3, -0.25) is 9.59 Å². The minimum Gasteiger partial charge on any atom is -0.392 e. The summed E-state index contributed by atoms with van der Waals surface area (Å²) >= 11 is 0. The fourth-order valence-corrected chi connectivity index (χ4v) is 3.74. The minimum absolute atomic E-state index is 0.0670. The van der Waals surface area contributed by atoms with Crippen molar-refractivity contribution in [2.75, 3.05) is 19.6 Å².